The van der Waals surface area contributed by atoms with Crippen molar-refractivity contribution < 1.29 is 8.42 Å². The lowest BCUT2D eigenvalue weighted by molar-refractivity contribution is 0.475. The van der Waals surface area contributed by atoms with Crippen molar-refractivity contribution in [2.24, 2.45) is 0 Å². The molecular weight excluding hydrogens is 278 g/mol. The largest absolute Gasteiger partial charge is 0.383 e. The van der Waals surface area contributed by atoms with Gasteiger partial charge in [-0.05, 0) is 20.3 Å². The maximum Gasteiger partial charge on any atom is 0.209 e. The summed E-state index contributed by atoms with van der Waals surface area (Å²) in [6.45, 7) is 6.04. The van der Waals surface area contributed by atoms with Crippen LogP contribution in [0.25, 0.3) is 0 Å². The van der Waals surface area contributed by atoms with Gasteiger partial charge in [-0.2, -0.15) is 0 Å². The van der Waals surface area contributed by atoms with Gasteiger partial charge in [0.05, 0.1) is 6.26 Å². The number of aromatic nitrogens is 2. The minimum Gasteiger partial charge on any atom is -0.383 e. The fourth-order valence-corrected chi connectivity index (χ4v) is 2.99. The zero-order chi connectivity index (χ0) is 15.4. The van der Waals surface area contributed by atoms with E-state index in [0.29, 0.717) is 18.2 Å². The van der Waals surface area contributed by atoms with Crippen molar-refractivity contribution in [3.8, 4) is 0 Å². The highest BCUT2D eigenvalue weighted by atomic mass is 32.2. The van der Waals surface area contributed by atoms with Crippen molar-refractivity contribution in [2.45, 2.75) is 39.2 Å². The molecule has 0 aliphatic heterocycles. The van der Waals surface area contributed by atoms with Gasteiger partial charge in [0.25, 0.3) is 0 Å². The van der Waals surface area contributed by atoms with Gasteiger partial charge < -0.3 is 11.1 Å². The van der Waals surface area contributed by atoms with Crippen molar-refractivity contribution in [1.82, 2.24) is 14.7 Å². The van der Waals surface area contributed by atoms with Gasteiger partial charge in [0, 0.05) is 17.6 Å². The van der Waals surface area contributed by atoms with Crippen LogP contribution in [0.1, 0.15) is 32.8 Å². The Morgan fingerprint density at radius 3 is 2.55 bits per heavy atom. The molecule has 0 radical (unpaired) electrons. The van der Waals surface area contributed by atoms with Crippen LogP contribution in [0.4, 0.5) is 11.6 Å². The first-order valence-corrected chi connectivity index (χ1v) is 8.36. The molecule has 0 aliphatic rings. The van der Waals surface area contributed by atoms with Crippen molar-refractivity contribution in [3.63, 3.8) is 0 Å². The zero-order valence-corrected chi connectivity index (χ0v) is 13.2. The van der Waals surface area contributed by atoms with Crippen molar-refractivity contribution in [1.29, 1.82) is 0 Å². The van der Waals surface area contributed by atoms with E-state index in [1.165, 1.54) is 6.33 Å². The van der Waals surface area contributed by atoms with Crippen LogP contribution in [0.3, 0.4) is 0 Å². The summed E-state index contributed by atoms with van der Waals surface area (Å²) in [7, 11) is -3.26. The molecule has 1 heterocycles. The number of hydrogen-bond acceptors (Lipinski definition) is 6. The van der Waals surface area contributed by atoms with Crippen LogP contribution in [0, 0.1) is 0 Å². The van der Waals surface area contributed by atoms with Crippen molar-refractivity contribution >= 4 is 21.7 Å². The number of sulfonamides is 1. The lowest BCUT2D eigenvalue weighted by Crippen LogP contribution is -2.48. The second-order valence-corrected chi connectivity index (χ2v) is 7.20. The number of rotatable bonds is 7. The molecular formula is C12H23N5O2S. The molecule has 0 bridgehead atoms. The monoisotopic (exact) mass is 301 g/mol. The standard InChI is InChI=1S/C12H23N5O2S/c1-5-6-9-10(13)15-8-16-11(9)14-7-12(2,3)17-20(4,18)19/h8,17H,5-7H2,1-4H3,(H3,13,14,15,16). The Morgan fingerprint density at radius 2 is 2.00 bits per heavy atom. The van der Waals surface area contributed by atoms with Gasteiger partial charge in [0.1, 0.15) is 18.0 Å². The number of nitrogens with zero attached hydrogens (tertiary/aromatic N) is 2. The summed E-state index contributed by atoms with van der Waals surface area (Å²) >= 11 is 0. The molecule has 0 amide bonds. The quantitative estimate of drug-likeness (QED) is 0.685. The fourth-order valence-electron chi connectivity index (χ4n) is 1.92. The molecule has 7 nitrogen and oxygen atoms in total. The van der Waals surface area contributed by atoms with E-state index in [0.717, 1.165) is 24.7 Å². The molecule has 20 heavy (non-hydrogen) atoms. The van der Waals surface area contributed by atoms with Crippen LogP contribution >= 0.6 is 0 Å². The normalized spacial score (nSPS) is 12.4. The number of anilines is 2. The molecule has 0 atom stereocenters. The number of hydrogen-bond donors (Lipinski definition) is 3. The van der Waals surface area contributed by atoms with E-state index in [4.69, 9.17) is 5.73 Å². The Morgan fingerprint density at radius 1 is 1.35 bits per heavy atom. The first-order valence-electron chi connectivity index (χ1n) is 6.47. The van der Waals surface area contributed by atoms with E-state index in [-0.39, 0.29) is 0 Å². The molecule has 8 heteroatoms. The highest BCUT2D eigenvalue weighted by molar-refractivity contribution is 7.88. The topological polar surface area (TPSA) is 110 Å². The second kappa shape index (κ2) is 6.36. The molecule has 0 spiro atoms. The van der Waals surface area contributed by atoms with Crippen molar-refractivity contribution in [2.75, 3.05) is 23.9 Å². The summed E-state index contributed by atoms with van der Waals surface area (Å²) in [5, 5.41) is 3.14. The Balaban J connectivity index is 2.82. The molecule has 0 aliphatic carbocycles. The highest BCUT2D eigenvalue weighted by Crippen LogP contribution is 2.19. The Labute approximate surface area is 120 Å². The van der Waals surface area contributed by atoms with Crippen LogP contribution in [0.5, 0.6) is 0 Å². The molecule has 4 N–H and O–H groups in total. The van der Waals surface area contributed by atoms with Gasteiger partial charge in [-0.25, -0.2) is 23.1 Å². The third kappa shape index (κ3) is 5.30. The third-order valence-corrected chi connectivity index (χ3v) is 3.56. The molecule has 114 valence electrons. The maximum atomic E-state index is 11.3. The Kier molecular flexibility index (Phi) is 5.29. The molecule has 1 aromatic heterocycles. The molecule has 0 saturated heterocycles. The fraction of sp³-hybridized carbons (Fsp3) is 0.667. The molecule has 1 aromatic rings. The number of nitrogens with two attached hydrogens (primary N) is 1. The first-order chi connectivity index (χ1) is 9.14. The van der Waals surface area contributed by atoms with E-state index >= 15 is 0 Å². The maximum absolute atomic E-state index is 11.3. The van der Waals surface area contributed by atoms with E-state index in [2.05, 4.69) is 20.0 Å². The number of nitrogens with one attached hydrogen (secondary N) is 2. The van der Waals surface area contributed by atoms with Gasteiger partial charge in [0.15, 0.2) is 0 Å². The van der Waals surface area contributed by atoms with Crippen molar-refractivity contribution in [3.05, 3.63) is 11.9 Å². The summed E-state index contributed by atoms with van der Waals surface area (Å²) in [6, 6.07) is 0. The SMILES string of the molecule is CCCc1c(N)ncnc1NCC(C)(C)NS(C)(=O)=O. The highest BCUT2D eigenvalue weighted by Gasteiger charge is 2.22. The smallest absolute Gasteiger partial charge is 0.209 e. The Hall–Kier alpha value is -1.41. The zero-order valence-electron chi connectivity index (χ0n) is 12.4. The predicted octanol–water partition coefficient (Wildman–Crippen LogP) is 0.751. The number of nitrogen functional groups attached to an aromatic ring is 1. The van der Waals surface area contributed by atoms with Gasteiger partial charge >= 0.3 is 0 Å². The van der Waals surface area contributed by atoms with Crippen LogP contribution < -0.4 is 15.8 Å². The van der Waals surface area contributed by atoms with Crippen LogP contribution in [-0.4, -0.2) is 36.7 Å². The Bertz CT molecular complexity index is 557. The molecule has 0 fully saturated rings. The van der Waals surface area contributed by atoms with Crippen LogP contribution in [0.15, 0.2) is 6.33 Å². The van der Waals surface area contributed by atoms with Gasteiger partial charge in [0.2, 0.25) is 10.0 Å². The average molecular weight is 301 g/mol. The van der Waals surface area contributed by atoms with Crippen LogP contribution in [0.2, 0.25) is 0 Å². The third-order valence-electron chi connectivity index (χ3n) is 2.64. The van der Waals surface area contributed by atoms with E-state index in [1.54, 1.807) is 13.8 Å². The lowest BCUT2D eigenvalue weighted by atomic mass is 10.1. The van der Waals surface area contributed by atoms with Gasteiger partial charge in [-0.3, -0.25) is 0 Å². The van der Waals surface area contributed by atoms with Gasteiger partial charge in [-0.15, -0.1) is 0 Å². The van der Waals surface area contributed by atoms with E-state index < -0.39 is 15.6 Å². The minimum absolute atomic E-state index is 0.396. The molecule has 1 rings (SSSR count). The summed E-state index contributed by atoms with van der Waals surface area (Å²) in [5.74, 6) is 1.11. The first kappa shape index (κ1) is 16.6. The molecule has 0 saturated carbocycles. The van der Waals surface area contributed by atoms with E-state index in [1.807, 2.05) is 6.92 Å². The summed E-state index contributed by atoms with van der Waals surface area (Å²) in [4.78, 5) is 8.16. The summed E-state index contributed by atoms with van der Waals surface area (Å²) in [5.41, 5.74) is 6.08. The second-order valence-electron chi connectivity index (χ2n) is 5.45. The molecule has 0 aromatic carbocycles. The average Bonchev–Trinajstić information content (AvgIpc) is 2.27. The molecule has 0 unspecified atom stereocenters. The minimum atomic E-state index is -3.26. The lowest BCUT2D eigenvalue weighted by Gasteiger charge is -2.26. The summed E-state index contributed by atoms with van der Waals surface area (Å²) in [6.07, 6.45) is 4.24. The van der Waals surface area contributed by atoms with Gasteiger partial charge in [-0.1, -0.05) is 13.3 Å². The van der Waals surface area contributed by atoms with Crippen LogP contribution in [-0.2, 0) is 16.4 Å². The predicted molar refractivity (Wildman–Crippen MR) is 81.0 cm³/mol. The summed E-state index contributed by atoms with van der Waals surface area (Å²) < 4.78 is 25.2. The van der Waals surface area contributed by atoms with E-state index in [9.17, 15) is 8.42 Å².